The number of carbonyl (C=O) groups excluding carboxylic acids is 1. The molecule has 10 nitrogen and oxygen atoms in total. The molecule has 0 unspecified atom stereocenters. The van der Waals surface area contributed by atoms with Crippen LogP contribution in [0.2, 0.25) is 5.02 Å². The van der Waals surface area contributed by atoms with Crippen LogP contribution in [0, 0.1) is 22.7 Å². The van der Waals surface area contributed by atoms with Crippen LogP contribution in [0.5, 0.6) is 0 Å². The van der Waals surface area contributed by atoms with Crippen molar-refractivity contribution >= 4 is 28.5 Å². The molecule has 6 heterocycles. The van der Waals surface area contributed by atoms with Gasteiger partial charge in [-0.2, -0.15) is 28.8 Å². The van der Waals surface area contributed by atoms with E-state index in [4.69, 9.17) is 11.6 Å². The zero-order chi connectivity index (χ0) is 29.6. The number of hydrogen-bond acceptors (Lipinski definition) is 7. The van der Waals surface area contributed by atoms with E-state index in [1.165, 1.54) is 11.1 Å². The number of pyridine rings is 2. The van der Waals surface area contributed by atoms with Gasteiger partial charge >= 0.3 is 6.18 Å². The Hall–Kier alpha value is -4.46. The van der Waals surface area contributed by atoms with Crippen LogP contribution in [0.15, 0.2) is 43.1 Å². The third-order valence-electron chi connectivity index (χ3n) is 8.11. The molecule has 2 aliphatic rings. The zero-order valence-electron chi connectivity index (χ0n) is 22.1. The van der Waals surface area contributed by atoms with Crippen molar-refractivity contribution in [2.24, 2.45) is 0 Å². The van der Waals surface area contributed by atoms with Gasteiger partial charge in [0.2, 0.25) is 0 Å². The molecule has 0 bridgehead atoms. The Bertz CT molecular complexity index is 1750. The second kappa shape index (κ2) is 10.4. The Morgan fingerprint density at radius 3 is 2.62 bits per heavy atom. The van der Waals surface area contributed by atoms with E-state index in [1.807, 2.05) is 16.9 Å². The van der Waals surface area contributed by atoms with E-state index in [9.17, 15) is 28.5 Å². The van der Waals surface area contributed by atoms with E-state index in [0.717, 1.165) is 22.7 Å². The number of nitrogens with zero attached hydrogens (tertiary/aromatic N) is 8. The molecule has 0 saturated carbocycles. The van der Waals surface area contributed by atoms with Gasteiger partial charge < -0.3 is 9.88 Å². The van der Waals surface area contributed by atoms with Crippen LogP contribution in [0.1, 0.15) is 40.9 Å². The molecule has 0 atom stereocenters. The fraction of sp³-hybridized carbons (Fsp3) is 0.357. The minimum atomic E-state index is -4.68. The molecular weight excluding hydrogens is 571 g/mol. The van der Waals surface area contributed by atoms with Crippen LogP contribution < -0.4 is 0 Å². The first-order chi connectivity index (χ1) is 20.1. The van der Waals surface area contributed by atoms with Crippen molar-refractivity contribution in [2.75, 3.05) is 26.2 Å². The largest absolute Gasteiger partial charge is 0.433 e. The van der Waals surface area contributed by atoms with Crippen molar-refractivity contribution in [1.29, 1.82) is 10.5 Å². The Morgan fingerprint density at radius 1 is 1.17 bits per heavy atom. The number of carbonyl (C=O) groups is 1. The number of alkyl halides is 3. The summed E-state index contributed by atoms with van der Waals surface area (Å²) in [6.45, 7) is 1.88. The molecule has 2 fully saturated rings. The molecule has 0 aliphatic carbocycles. The number of aromatic amines is 1. The average Bonchev–Trinajstić information content (AvgIpc) is 3.64. The molecule has 2 saturated heterocycles. The lowest BCUT2D eigenvalue weighted by Gasteiger charge is -2.53. The summed E-state index contributed by atoms with van der Waals surface area (Å²) in [6, 6.07) is 7.19. The van der Waals surface area contributed by atoms with Gasteiger partial charge in [0.15, 0.2) is 0 Å². The van der Waals surface area contributed by atoms with E-state index in [-0.39, 0.29) is 23.0 Å². The smallest absolute Gasteiger partial charge is 0.346 e. The average molecular weight is 594 g/mol. The third-order valence-corrected chi connectivity index (χ3v) is 8.41. The molecule has 4 aromatic rings. The number of piperidine rings is 1. The Labute approximate surface area is 242 Å². The van der Waals surface area contributed by atoms with Crippen LogP contribution in [0.3, 0.4) is 0 Å². The molecule has 214 valence electrons. The highest BCUT2D eigenvalue weighted by atomic mass is 35.5. The van der Waals surface area contributed by atoms with Crippen LogP contribution in [0.25, 0.3) is 22.2 Å². The van der Waals surface area contributed by atoms with Crippen molar-refractivity contribution in [3.8, 4) is 23.3 Å². The Balaban J connectivity index is 1.14. The maximum Gasteiger partial charge on any atom is 0.433 e. The first-order valence-corrected chi connectivity index (χ1v) is 13.6. The van der Waals surface area contributed by atoms with Gasteiger partial charge in [0.1, 0.15) is 22.9 Å². The monoisotopic (exact) mass is 593 g/mol. The topological polar surface area (TPSA) is 131 Å². The number of nitriles is 2. The summed E-state index contributed by atoms with van der Waals surface area (Å²) in [5, 5.41) is 24.6. The van der Waals surface area contributed by atoms with Gasteiger partial charge in [-0.15, -0.1) is 0 Å². The van der Waals surface area contributed by atoms with Gasteiger partial charge in [-0.1, -0.05) is 11.6 Å². The van der Waals surface area contributed by atoms with Crippen LogP contribution in [0.4, 0.5) is 13.2 Å². The lowest BCUT2D eigenvalue weighted by Crippen LogP contribution is -2.66. The molecule has 0 aromatic carbocycles. The molecule has 42 heavy (non-hydrogen) atoms. The van der Waals surface area contributed by atoms with Crippen LogP contribution >= 0.6 is 11.6 Å². The second-order valence-electron chi connectivity index (χ2n) is 10.6. The lowest BCUT2D eigenvalue weighted by atomic mass is 9.83. The van der Waals surface area contributed by atoms with Crippen molar-refractivity contribution in [3.05, 3.63) is 65.0 Å². The third kappa shape index (κ3) is 4.74. The van der Waals surface area contributed by atoms with Gasteiger partial charge in [0.05, 0.1) is 34.8 Å². The van der Waals surface area contributed by atoms with Crippen molar-refractivity contribution in [2.45, 2.75) is 37.0 Å². The first-order valence-electron chi connectivity index (χ1n) is 13.2. The number of halogens is 4. The SMILES string of the molecule is N#CCC1(n2cc(-c3c(C#N)cnc4[nH]ccc34)cn2)CN(C2CCN(C(=O)c3cc(C(F)(F)F)ncc3Cl)CC2)C1. The fourth-order valence-electron chi connectivity index (χ4n) is 5.93. The number of aromatic nitrogens is 5. The molecule has 6 rings (SSSR count). The number of H-pyrrole nitrogens is 1. The molecule has 0 spiro atoms. The second-order valence-corrected chi connectivity index (χ2v) is 11.0. The number of hydrogen-bond donors (Lipinski definition) is 1. The summed E-state index contributed by atoms with van der Waals surface area (Å²) >= 11 is 6.03. The van der Waals surface area contributed by atoms with E-state index in [2.05, 4.69) is 37.1 Å². The highest BCUT2D eigenvalue weighted by Gasteiger charge is 2.48. The van der Waals surface area contributed by atoms with E-state index in [0.29, 0.717) is 56.3 Å². The number of fused-ring (bicyclic) bond motifs is 1. The number of rotatable bonds is 5. The Kier molecular flexibility index (Phi) is 6.87. The highest BCUT2D eigenvalue weighted by Crippen LogP contribution is 2.38. The van der Waals surface area contributed by atoms with Crippen LogP contribution in [-0.2, 0) is 11.7 Å². The van der Waals surface area contributed by atoms with Crippen molar-refractivity contribution < 1.29 is 18.0 Å². The highest BCUT2D eigenvalue weighted by molar-refractivity contribution is 6.33. The van der Waals surface area contributed by atoms with E-state index >= 15 is 0 Å². The maximum atomic E-state index is 13.1. The molecular formula is C28H23ClF3N9O. The zero-order valence-corrected chi connectivity index (χ0v) is 22.8. The van der Waals surface area contributed by atoms with E-state index in [1.54, 1.807) is 12.4 Å². The van der Waals surface area contributed by atoms with Gasteiger partial charge in [0.25, 0.3) is 5.91 Å². The summed E-state index contributed by atoms with van der Waals surface area (Å²) in [5.74, 6) is -0.553. The van der Waals surface area contributed by atoms with Gasteiger partial charge in [-0.3, -0.25) is 19.4 Å². The maximum absolute atomic E-state index is 13.1. The molecule has 2 aliphatic heterocycles. The summed E-state index contributed by atoms with van der Waals surface area (Å²) in [4.78, 5) is 27.4. The Morgan fingerprint density at radius 2 is 1.93 bits per heavy atom. The number of likely N-dealkylation sites (tertiary alicyclic amines) is 2. The van der Waals surface area contributed by atoms with Crippen molar-refractivity contribution in [1.82, 2.24) is 34.5 Å². The normalized spacial score (nSPS) is 17.5. The number of amides is 1. The quantitative estimate of drug-likeness (QED) is 0.358. The molecule has 1 N–H and O–H groups in total. The summed E-state index contributed by atoms with van der Waals surface area (Å²) < 4.78 is 41.2. The lowest BCUT2D eigenvalue weighted by molar-refractivity contribution is -0.141. The van der Waals surface area contributed by atoms with E-state index < -0.39 is 23.3 Å². The summed E-state index contributed by atoms with van der Waals surface area (Å²) in [5.41, 5.74) is 0.651. The number of nitrogens with one attached hydrogen (secondary N) is 1. The minimum absolute atomic E-state index is 0.122. The molecule has 1 amide bonds. The first kappa shape index (κ1) is 27.7. The minimum Gasteiger partial charge on any atom is -0.346 e. The molecule has 0 radical (unpaired) electrons. The van der Waals surface area contributed by atoms with Gasteiger partial charge in [-0.05, 0) is 25.0 Å². The summed E-state index contributed by atoms with van der Waals surface area (Å²) in [6.07, 6.45) is 4.52. The van der Waals surface area contributed by atoms with Crippen molar-refractivity contribution in [3.63, 3.8) is 0 Å². The summed E-state index contributed by atoms with van der Waals surface area (Å²) in [7, 11) is 0. The van der Waals surface area contributed by atoms with Gasteiger partial charge in [-0.25, -0.2) is 4.98 Å². The predicted molar refractivity (Wildman–Crippen MR) is 145 cm³/mol. The molecule has 4 aromatic heterocycles. The fourth-order valence-corrected chi connectivity index (χ4v) is 6.11. The van der Waals surface area contributed by atoms with Gasteiger partial charge in [0, 0.05) is 73.5 Å². The molecule has 14 heteroatoms. The standard InChI is InChI=1S/C28H23ClF3N9O/c29-22-13-36-23(28(30,31)32)9-21(22)26(42)39-7-2-19(3-8-39)40-15-27(16-40,4-5-33)41-14-18(12-38-41)24-17(10-34)11-37-25-20(24)1-6-35-25/h1,6,9,11-14,19H,2-4,7-8,15-16H2,(H,35,37). The predicted octanol–water partition coefficient (Wildman–Crippen LogP) is 4.59. The van der Waals surface area contributed by atoms with Crippen LogP contribution in [-0.4, -0.2) is 72.7 Å².